The summed E-state index contributed by atoms with van der Waals surface area (Å²) in [6.45, 7) is 6.39. The van der Waals surface area contributed by atoms with Crippen LogP contribution in [0.1, 0.15) is 25.8 Å². The number of hydrogen-bond acceptors (Lipinski definition) is 3. The summed E-state index contributed by atoms with van der Waals surface area (Å²) in [7, 11) is 0. The van der Waals surface area contributed by atoms with Crippen molar-refractivity contribution in [2.75, 3.05) is 5.73 Å². The summed E-state index contributed by atoms with van der Waals surface area (Å²) >= 11 is 11.0. The van der Waals surface area contributed by atoms with Crippen LogP contribution in [0.5, 0.6) is 0 Å². The van der Waals surface area contributed by atoms with Gasteiger partial charge in [-0.2, -0.15) is 0 Å². The first kappa shape index (κ1) is 13.8. The number of anilines is 1. The fourth-order valence-corrected chi connectivity index (χ4v) is 2.84. The van der Waals surface area contributed by atoms with Crippen molar-refractivity contribution in [3.8, 4) is 11.3 Å². The van der Waals surface area contributed by atoms with Gasteiger partial charge in [-0.25, -0.2) is 4.98 Å². The summed E-state index contributed by atoms with van der Waals surface area (Å²) in [6, 6.07) is 5.75. The first-order chi connectivity index (χ1) is 8.29. The van der Waals surface area contributed by atoms with E-state index in [-0.39, 0.29) is 5.41 Å². The Balaban J connectivity index is 2.51. The normalized spacial score (nSPS) is 11.8. The first-order valence-electron chi connectivity index (χ1n) is 5.51. The minimum Gasteiger partial charge on any atom is -0.389 e. The smallest absolute Gasteiger partial charge is 0.114 e. The van der Waals surface area contributed by atoms with Gasteiger partial charge >= 0.3 is 0 Å². The summed E-state index contributed by atoms with van der Waals surface area (Å²) in [6.07, 6.45) is 0. The summed E-state index contributed by atoms with van der Waals surface area (Å²) in [4.78, 5) is 4.64. The highest BCUT2D eigenvalue weighted by Gasteiger charge is 2.21. The summed E-state index contributed by atoms with van der Waals surface area (Å²) in [5.41, 5.74) is 7.84. The lowest BCUT2D eigenvalue weighted by Crippen LogP contribution is -2.10. The monoisotopic (exact) mass is 344 g/mol. The second-order valence-corrected chi connectivity index (χ2v) is 7.40. The Hall–Kier alpha value is -0.580. The molecule has 0 saturated carbocycles. The average Bonchev–Trinajstić information content (AvgIpc) is 2.64. The van der Waals surface area contributed by atoms with Gasteiger partial charge in [-0.3, -0.25) is 0 Å². The molecule has 2 aromatic rings. The van der Waals surface area contributed by atoms with Crippen LogP contribution in [-0.2, 0) is 5.41 Å². The number of rotatable bonds is 1. The van der Waals surface area contributed by atoms with Crippen molar-refractivity contribution in [1.82, 2.24) is 4.98 Å². The van der Waals surface area contributed by atoms with Crippen LogP contribution in [0.15, 0.2) is 22.7 Å². The molecule has 2 rings (SSSR count). The van der Waals surface area contributed by atoms with Crippen LogP contribution in [0.3, 0.4) is 0 Å². The molecule has 2 N–H and O–H groups in total. The lowest BCUT2D eigenvalue weighted by molar-refractivity contribution is 0.586. The van der Waals surface area contributed by atoms with Gasteiger partial charge in [0.1, 0.15) is 15.7 Å². The summed E-state index contributed by atoms with van der Waals surface area (Å²) in [5.74, 6) is 0. The second-order valence-electron chi connectivity index (χ2n) is 5.11. The molecule has 0 atom stereocenters. The van der Waals surface area contributed by atoms with E-state index in [1.807, 2.05) is 18.2 Å². The SMILES string of the molecule is CC(C)(C)c1nc(-c2ccc(Br)c(Cl)c2)c(N)s1. The van der Waals surface area contributed by atoms with Crippen LogP contribution < -0.4 is 5.73 Å². The molecule has 0 radical (unpaired) electrons. The molecular formula is C13H14BrClN2S. The molecule has 0 unspecified atom stereocenters. The van der Waals surface area contributed by atoms with Gasteiger partial charge in [0.2, 0.25) is 0 Å². The Morgan fingerprint density at radius 1 is 1.33 bits per heavy atom. The second kappa shape index (κ2) is 4.83. The van der Waals surface area contributed by atoms with Gasteiger partial charge in [0.15, 0.2) is 0 Å². The van der Waals surface area contributed by atoms with Gasteiger partial charge in [-0.1, -0.05) is 38.4 Å². The largest absolute Gasteiger partial charge is 0.389 e. The lowest BCUT2D eigenvalue weighted by Gasteiger charge is -2.13. The summed E-state index contributed by atoms with van der Waals surface area (Å²) < 4.78 is 0.873. The lowest BCUT2D eigenvalue weighted by atomic mass is 9.98. The fraction of sp³-hybridized carbons (Fsp3) is 0.308. The number of halogens is 2. The number of thiazole rings is 1. The predicted octanol–water partition coefficient (Wildman–Crippen LogP) is 5.11. The molecule has 0 aliphatic carbocycles. The zero-order valence-electron chi connectivity index (χ0n) is 10.4. The number of benzene rings is 1. The van der Waals surface area contributed by atoms with Crippen LogP contribution in [0.2, 0.25) is 5.02 Å². The van der Waals surface area contributed by atoms with Crippen LogP contribution in [0.4, 0.5) is 5.00 Å². The maximum Gasteiger partial charge on any atom is 0.114 e. The maximum absolute atomic E-state index is 6.10. The molecule has 5 heteroatoms. The van der Waals surface area contributed by atoms with Crippen LogP contribution in [0.25, 0.3) is 11.3 Å². The van der Waals surface area contributed by atoms with Gasteiger partial charge in [-0.05, 0) is 28.1 Å². The topological polar surface area (TPSA) is 38.9 Å². The zero-order chi connectivity index (χ0) is 13.5. The quantitative estimate of drug-likeness (QED) is 0.780. The molecule has 0 saturated heterocycles. The van der Waals surface area contributed by atoms with E-state index in [1.165, 1.54) is 11.3 Å². The first-order valence-corrected chi connectivity index (χ1v) is 7.50. The van der Waals surface area contributed by atoms with Crippen molar-refractivity contribution in [2.45, 2.75) is 26.2 Å². The molecule has 0 bridgehead atoms. The molecule has 1 heterocycles. The Bertz CT molecular complexity index is 587. The van der Waals surface area contributed by atoms with E-state index in [0.717, 1.165) is 25.7 Å². The van der Waals surface area contributed by atoms with E-state index in [0.29, 0.717) is 5.02 Å². The van der Waals surface area contributed by atoms with Crippen molar-refractivity contribution in [1.29, 1.82) is 0 Å². The van der Waals surface area contributed by atoms with Crippen LogP contribution in [0, 0.1) is 0 Å². The maximum atomic E-state index is 6.10. The standard InChI is InChI=1S/C13H14BrClN2S/c1-13(2,3)12-17-10(11(16)18-12)7-4-5-8(14)9(15)6-7/h4-6H,16H2,1-3H3. The van der Waals surface area contributed by atoms with Gasteiger partial charge in [0.25, 0.3) is 0 Å². The van der Waals surface area contributed by atoms with E-state index in [1.54, 1.807) is 0 Å². The number of nitrogen functional groups attached to an aromatic ring is 1. The molecule has 0 spiro atoms. The molecule has 0 fully saturated rings. The molecule has 0 aliphatic rings. The molecule has 18 heavy (non-hydrogen) atoms. The highest BCUT2D eigenvalue weighted by molar-refractivity contribution is 9.10. The Labute approximate surface area is 124 Å². The van der Waals surface area contributed by atoms with Crippen molar-refractivity contribution < 1.29 is 0 Å². The van der Waals surface area contributed by atoms with E-state index in [9.17, 15) is 0 Å². The van der Waals surface area contributed by atoms with E-state index < -0.39 is 0 Å². The summed E-state index contributed by atoms with van der Waals surface area (Å²) in [5, 5.41) is 2.43. The molecule has 1 aromatic carbocycles. The molecule has 1 aromatic heterocycles. The number of nitrogens with two attached hydrogens (primary N) is 1. The molecular weight excluding hydrogens is 332 g/mol. The van der Waals surface area contributed by atoms with Crippen molar-refractivity contribution in [3.05, 3.63) is 32.7 Å². The minimum atomic E-state index is 0.0101. The Kier molecular flexibility index (Phi) is 3.72. The Morgan fingerprint density at radius 2 is 2.00 bits per heavy atom. The van der Waals surface area contributed by atoms with E-state index in [2.05, 4.69) is 41.7 Å². The van der Waals surface area contributed by atoms with Gasteiger partial charge in [-0.15, -0.1) is 11.3 Å². The third-order valence-corrected chi connectivity index (χ3v) is 5.03. The Morgan fingerprint density at radius 3 is 2.50 bits per heavy atom. The van der Waals surface area contributed by atoms with E-state index >= 15 is 0 Å². The highest BCUT2D eigenvalue weighted by Crippen LogP contribution is 2.37. The third kappa shape index (κ3) is 2.71. The predicted molar refractivity (Wildman–Crippen MR) is 83.4 cm³/mol. The van der Waals surface area contributed by atoms with Gasteiger partial charge in [0, 0.05) is 15.5 Å². The van der Waals surface area contributed by atoms with Crippen LogP contribution in [-0.4, -0.2) is 4.98 Å². The van der Waals surface area contributed by atoms with Gasteiger partial charge in [0.05, 0.1) is 5.02 Å². The van der Waals surface area contributed by atoms with Gasteiger partial charge < -0.3 is 5.73 Å². The molecule has 2 nitrogen and oxygen atoms in total. The van der Waals surface area contributed by atoms with Crippen LogP contribution >= 0.6 is 38.9 Å². The third-order valence-electron chi connectivity index (χ3n) is 2.49. The number of nitrogens with zero attached hydrogens (tertiary/aromatic N) is 1. The molecule has 0 amide bonds. The highest BCUT2D eigenvalue weighted by atomic mass is 79.9. The van der Waals surface area contributed by atoms with Crippen molar-refractivity contribution in [3.63, 3.8) is 0 Å². The van der Waals surface area contributed by atoms with Crippen molar-refractivity contribution in [2.24, 2.45) is 0 Å². The average molecular weight is 346 g/mol. The molecule has 0 aliphatic heterocycles. The zero-order valence-corrected chi connectivity index (χ0v) is 13.6. The van der Waals surface area contributed by atoms with Crippen molar-refractivity contribution >= 4 is 43.9 Å². The fourth-order valence-electron chi connectivity index (χ4n) is 1.50. The number of aromatic nitrogens is 1. The number of hydrogen-bond donors (Lipinski definition) is 1. The minimum absolute atomic E-state index is 0.0101. The molecule has 96 valence electrons. The van der Waals surface area contributed by atoms with E-state index in [4.69, 9.17) is 17.3 Å².